The summed E-state index contributed by atoms with van der Waals surface area (Å²) in [6.07, 6.45) is 0. The van der Waals surface area contributed by atoms with E-state index in [9.17, 15) is 0 Å². The van der Waals surface area contributed by atoms with Crippen LogP contribution >= 0.6 is 19.4 Å². The Hall–Kier alpha value is -1.35. The van der Waals surface area contributed by atoms with Gasteiger partial charge in [-0.1, -0.05) is 0 Å². The van der Waals surface area contributed by atoms with Crippen LogP contribution in [0.15, 0.2) is 0 Å². The zero-order chi connectivity index (χ0) is 15.5. The Morgan fingerprint density at radius 1 is 0.722 bits per heavy atom. The van der Waals surface area contributed by atoms with E-state index in [0.29, 0.717) is 0 Å². The average Bonchev–Trinajstić information content (AvgIpc) is 2.25. The first-order valence-electron chi connectivity index (χ1n) is 3.42. The van der Waals surface area contributed by atoms with Crippen molar-refractivity contribution in [1.29, 1.82) is 26.3 Å². The third-order valence-corrected chi connectivity index (χ3v) is 0. The van der Waals surface area contributed by atoms with E-state index in [4.69, 9.17) is 45.7 Å². The van der Waals surface area contributed by atoms with Gasteiger partial charge in [-0.15, -0.1) is 0 Å². The van der Waals surface area contributed by atoms with Crippen LogP contribution in [0.2, 0.25) is 0 Å². The van der Waals surface area contributed by atoms with Crippen molar-refractivity contribution in [3.8, 4) is 30.8 Å². The van der Waals surface area contributed by atoms with Gasteiger partial charge in [0.25, 0.3) is 0 Å². The van der Waals surface area contributed by atoms with Gasteiger partial charge >= 0.3 is 34.5 Å². The minimum absolute atomic E-state index is 0. The molecule has 104 valence electrons. The van der Waals surface area contributed by atoms with Gasteiger partial charge in [-0.05, 0) is 0 Å². The fourth-order valence-electron chi connectivity index (χ4n) is 0. The minimum atomic E-state index is -0.346. The molecule has 0 fully saturated rings. The number of nitriles is 5. The van der Waals surface area contributed by atoms with E-state index in [1.807, 2.05) is 0 Å². The summed E-state index contributed by atoms with van der Waals surface area (Å²) in [6, 6.07) is 7.00. The van der Waals surface area contributed by atoms with Gasteiger partial charge in [0.15, 0.2) is 0 Å². The number of nitrogens with zero attached hydrogens (tertiary/aromatic N) is 5. The Labute approximate surface area is 126 Å². The van der Waals surface area contributed by atoms with Crippen LogP contribution < -0.4 is 0 Å². The fourth-order valence-corrected chi connectivity index (χ4v) is 0. The predicted molar refractivity (Wildman–Crippen MR) is 69.9 cm³/mol. The zero-order valence-corrected chi connectivity index (χ0v) is 14.2. The quantitative estimate of drug-likeness (QED) is 0.465. The van der Waals surface area contributed by atoms with E-state index in [1.54, 1.807) is 24.3 Å². The van der Waals surface area contributed by atoms with Crippen LogP contribution in [-0.4, -0.2) is 0 Å². The zero-order valence-electron chi connectivity index (χ0n) is 10.9. The van der Waals surface area contributed by atoms with E-state index in [1.165, 1.54) is 27.7 Å². The van der Waals surface area contributed by atoms with E-state index >= 15 is 0 Å². The number of hydrogen-bond acceptors (Lipinski definition) is 5. The van der Waals surface area contributed by atoms with Gasteiger partial charge in [0.05, 0.1) is 24.3 Å². The van der Waals surface area contributed by atoms with Crippen molar-refractivity contribution in [2.24, 2.45) is 0 Å². The molecule has 0 saturated carbocycles. The van der Waals surface area contributed by atoms with Gasteiger partial charge in [-0.2, -0.15) is 21.0 Å². The molecule has 0 heterocycles. The Kier molecular flexibility index (Phi) is 613. The molecule has 0 spiro atoms. The molecule has 0 atom stereocenters. The van der Waals surface area contributed by atoms with Crippen molar-refractivity contribution in [2.75, 3.05) is 0 Å². The molecule has 0 rings (SSSR count). The summed E-state index contributed by atoms with van der Waals surface area (Å²) >= 11 is -0.346. The van der Waals surface area contributed by atoms with Crippen molar-refractivity contribution >= 4 is 19.4 Å². The second kappa shape index (κ2) is 252. The molecule has 0 aromatic carbocycles. The Balaban J connectivity index is -0.0000000160. The molecule has 0 unspecified atom stereocenters. The Morgan fingerprint density at radius 2 is 0.722 bits per heavy atom. The molecule has 0 radical (unpaired) electrons. The Bertz CT molecular complexity index is 207. The molecule has 0 aromatic heterocycles. The molecule has 0 aliphatic heterocycles. The third kappa shape index (κ3) is 1510. The van der Waals surface area contributed by atoms with Crippen LogP contribution in [0.3, 0.4) is 0 Å². The van der Waals surface area contributed by atoms with Gasteiger partial charge in [-0.25, -0.2) is 5.26 Å². The van der Waals surface area contributed by atoms with E-state index in [0.717, 1.165) is 0 Å². The second-order valence-electron chi connectivity index (χ2n) is 0.945. The van der Waals surface area contributed by atoms with Crippen molar-refractivity contribution in [3.63, 3.8) is 0 Å². The van der Waals surface area contributed by atoms with Crippen molar-refractivity contribution in [3.05, 3.63) is 7.43 Å². The fraction of sp³-hybridized carbons (Fsp3) is 0.400. The van der Waals surface area contributed by atoms with Crippen LogP contribution in [0.4, 0.5) is 0 Å². The standard InChI is InChI=1S/4C2H3N.CHN.CH3.2ClH.Ru/c4*1-2-3;1-2;;;;/h4*1H3;1H;1H3;2*1H;/q;;;;;-1;;;+2/p-2. The van der Waals surface area contributed by atoms with Crippen LogP contribution in [-0.2, 0) is 15.1 Å². The van der Waals surface area contributed by atoms with Crippen LogP contribution in [0.25, 0.3) is 0 Å². The van der Waals surface area contributed by atoms with Crippen LogP contribution in [0.5, 0.6) is 0 Å². The van der Waals surface area contributed by atoms with Crippen LogP contribution in [0.1, 0.15) is 27.7 Å². The summed E-state index contributed by atoms with van der Waals surface area (Å²) in [5.74, 6) is 0. The second-order valence-corrected chi connectivity index (χ2v) is 3.58. The predicted octanol–water partition coefficient (Wildman–Crippen LogP) is 4.09. The molecule has 8 heteroatoms. The van der Waals surface area contributed by atoms with Gasteiger partial charge in [0.2, 0.25) is 0 Å². The van der Waals surface area contributed by atoms with E-state index in [2.05, 4.69) is 6.57 Å². The summed E-state index contributed by atoms with van der Waals surface area (Å²) in [5, 5.41) is 35.8. The molecule has 0 N–H and O–H groups in total. The molecule has 0 saturated heterocycles. The first-order chi connectivity index (χ1) is 8.07. The van der Waals surface area contributed by atoms with Gasteiger partial charge in [0.1, 0.15) is 0 Å². The van der Waals surface area contributed by atoms with Crippen LogP contribution in [0, 0.1) is 64.6 Å². The average molecular weight is 378 g/mol. The summed E-state index contributed by atoms with van der Waals surface area (Å²) in [4.78, 5) is 0. The summed E-state index contributed by atoms with van der Waals surface area (Å²) in [5.41, 5.74) is 0. The molecule has 0 amide bonds. The number of halogens is 2. The number of hydrogen-bond donors (Lipinski definition) is 0. The van der Waals surface area contributed by atoms with Gasteiger partial charge < -0.3 is 7.43 Å². The molecule has 18 heavy (non-hydrogen) atoms. The van der Waals surface area contributed by atoms with Crippen molar-refractivity contribution in [2.45, 2.75) is 27.7 Å². The molecule has 0 aliphatic rings. The molecule has 0 aromatic rings. The maximum absolute atomic E-state index is 7.32. The molecule has 0 aliphatic carbocycles. The van der Waals surface area contributed by atoms with Crippen molar-refractivity contribution < 1.29 is 15.1 Å². The SMILES string of the molecule is C#N.CC#N.CC#N.CC#N.CC#N.[CH3-].[Cl][Ru][Cl]. The molecule has 0 bridgehead atoms. The van der Waals surface area contributed by atoms with Gasteiger partial charge in [0, 0.05) is 34.3 Å². The molecular weight excluding hydrogens is 362 g/mol. The summed E-state index contributed by atoms with van der Waals surface area (Å²) in [6.45, 7) is 9.22. The van der Waals surface area contributed by atoms with E-state index in [-0.39, 0.29) is 22.6 Å². The summed E-state index contributed by atoms with van der Waals surface area (Å²) in [7, 11) is 9.71. The first-order valence-corrected chi connectivity index (χ1v) is 7.90. The maximum atomic E-state index is 7.32. The third-order valence-electron chi connectivity index (χ3n) is 0. The van der Waals surface area contributed by atoms with E-state index < -0.39 is 0 Å². The normalized spacial score (nSPS) is 3.11. The molecular formula is C10H16Cl2N5Ru-. The number of rotatable bonds is 0. The summed E-state index contributed by atoms with van der Waals surface area (Å²) < 4.78 is 0. The molecule has 5 nitrogen and oxygen atoms in total. The first kappa shape index (κ1) is 43.8. The van der Waals surface area contributed by atoms with Crippen molar-refractivity contribution in [1.82, 2.24) is 0 Å². The topological polar surface area (TPSA) is 119 Å². The van der Waals surface area contributed by atoms with Gasteiger partial charge in [-0.3, -0.25) is 0 Å². The Morgan fingerprint density at radius 3 is 0.722 bits per heavy atom. The monoisotopic (exact) mass is 378 g/mol.